The van der Waals surface area contributed by atoms with E-state index in [4.69, 9.17) is 9.15 Å². The predicted octanol–water partition coefficient (Wildman–Crippen LogP) is 2.57. The number of nitrogens with one attached hydrogen (secondary N) is 1. The van der Waals surface area contributed by atoms with Crippen LogP contribution in [-0.4, -0.2) is 59.2 Å². The number of nitrogens with zero attached hydrogens (tertiary/aromatic N) is 2. The maximum Gasteiger partial charge on any atom is 0.475 e. The lowest BCUT2D eigenvalue weighted by Crippen LogP contribution is -2.49. The van der Waals surface area contributed by atoms with E-state index in [-0.39, 0.29) is 36.0 Å². The second kappa shape index (κ2) is 10.8. The Morgan fingerprint density at radius 2 is 2.12 bits per heavy atom. The summed E-state index contributed by atoms with van der Waals surface area (Å²) in [7, 11) is -1.81. The van der Waals surface area contributed by atoms with Gasteiger partial charge in [-0.2, -0.15) is 5.26 Å². The van der Waals surface area contributed by atoms with Crippen LogP contribution in [0.1, 0.15) is 39.2 Å². The van der Waals surface area contributed by atoms with Crippen LogP contribution in [0.3, 0.4) is 0 Å². The lowest BCUT2D eigenvalue weighted by atomic mass is 9.76. The molecule has 0 radical (unpaired) electrons. The minimum absolute atomic E-state index is 0.0608. The topological polar surface area (TPSA) is 136 Å². The van der Waals surface area contributed by atoms with Crippen molar-refractivity contribution < 1.29 is 28.8 Å². The standard InChI is InChI=1S/C24H30BN3O6/c1-24(2,3)12-17(13-26)22(29)28-10-6-7-18(28)15-34-23(30)27-21(25(31)32)11-16-14-33-20-9-5-4-8-19(16)20/h4-5,8-9,12,14,18,21,31-32H,6-7,10-11,15H2,1-3H3,(H,27,30)/t18-,21+/m1/s1. The van der Waals surface area contributed by atoms with E-state index in [1.807, 2.05) is 45.0 Å². The number of alkyl carbamates (subject to hydrolysis) is 1. The van der Waals surface area contributed by atoms with E-state index in [9.17, 15) is 24.9 Å². The number of ether oxygens (including phenoxy) is 1. The number of carbonyl (C=O) groups excluding carboxylic acids is 2. The Kier molecular flexibility index (Phi) is 8.02. The minimum atomic E-state index is -1.81. The molecule has 1 aliphatic rings. The Labute approximate surface area is 199 Å². The molecule has 1 aromatic heterocycles. The number of nitriles is 1. The van der Waals surface area contributed by atoms with E-state index in [2.05, 4.69) is 5.32 Å². The summed E-state index contributed by atoms with van der Waals surface area (Å²) in [6.45, 7) is 6.14. The zero-order valence-electron chi connectivity index (χ0n) is 19.7. The molecule has 0 aliphatic carbocycles. The van der Waals surface area contributed by atoms with Gasteiger partial charge in [0.15, 0.2) is 0 Å². The van der Waals surface area contributed by atoms with Crippen molar-refractivity contribution in [3.63, 3.8) is 0 Å². The second-order valence-corrected chi connectivity index (χ2v) is 9.55. The van der Waals surface area contributed by atoms with Gasteiger partial charge in [-0.25, -0.2) is 4.79 Å². The largest absolute Gasteiger partial charge is 0.475 e. The maximum absolute atomic E-state index is 12.9. The first-order valence-electron chi connectivity index (χ1n) is 11.3. The number of benzene rings is 1. The summed E-state index contributed by atoms with van der Waals surface area (Å²) in [6, 6.07) is 8.95. The summed E-state index contributed by atoms with van der Waals surface area (Å²) >= 11 is 0. The molecule has 180 valence electrons. The summed E-state index contributed by atoms with van der Waals surface area (Å²) in [4.78, 5) is 26.8. The molecule has 3 rings (SSSR count). The molecule has 2 heterocycles. The first-order chi connectivity index (χ1) is 16.1. The number of likely N-dealkylation sites (tertiary alicyclic amines) is 1. The van der Waals surface area contributed by atoms with Crippen LogP contribution in [0.25, 0.3) is 11.0 Å². The van der Waals surface area contributed by atoms with Gasteiger partial charge in [0.05, 0.1) is 18.2 Å². The van der Waals surface area contributed by atoms with Gasteiger partial charge in [-0.15, -0.1) is 0 Å². The molecule has 0 bridgehead atoms. The third kappa shape index (κ3) is 6.40. The van der Waals surface area contributed by atoms with Crippen LogP contribution in [0, 0.1) is 16.7 Å². The van der Waals surface area contributed by atoms with Crippen molar-refractivity contribution in [2.75, 3.05) is 13.2 Å². The van der Waals surface area contributed by atoms with Crippen LogP contribution in [-0.2, 0) is 16.0 Å². The normalized spacial score (nSPS) is 17.4. The van der Waals surface area contributed by atoms with Gasteiger partial charge in [0.1, 0.15) is 23.8 Å². The Balaban J connectivity index is 1.59. The van der Waals surface area contributed by atoms with Crippen molar-refractivity contribution in [3.8, 4) is 6.07 Å². The molecule has 3 N–H and O–H groups in total. The Bertz CT molecular complexity index is 1100. The molecule has 9 nitrogen and oxygen atoms in total. The fourth-order valence-electron chi connectivity index (χ4n) is 4.03. The number of rotatable bonds is 7. The van der Waals surface area contributed by atoms with Crippen LogP contribution >= 0.6 is 0 Å². The summed E-state index contributed by atoms with van der Waals surface area (Å²) in [5.74, 6) is -1.39. The highest BCUT2D eigenvalue weighted by atomic mass is 16.5. The Hall–Kier alpha value is -3.29. The highest BCUT2D eigenvalue weighted by Crippen LogP contribution is 2.24. The lowest BCUT2D eigenvalue weighted by Gasteiger charge is -2.25. The summed E-state index contributed by atoms with van der Waals surface area (Å²) < 4.78 is 10.8. The third-order valence-electron chi connectivity index (χ3n) is 5.64. The van der Waals surface area contributed by atoms with E-state index < -0.39 is 19.2 Å². The lowest BCUT2D eigenvalue weighted by molar-refractivity contribution is -0.128. The number of fused-ring (bicyclic) bond motifs is 1. The first-order valence-corrected chi connectivity index (χ1v) is 11.3. The maximum atomic E-state index is 12.9. The van der Waals surface area contributed by atoms with Crippen molar-refractivity contribution in [3.05, 3.63) is 47.7 Å². The average Bonchev–Trinajstić information content (AvgIpc) is 3.41. The van der Waals surface area contributed by atoms with Crippen molar-refractivity contribution >= 4 is 30.1 Å². The molecule has 2 atom stereocenters. The number of furan rings is 1. The first kappa shape index (κ1) is 25.3. The van der Waals surface area contributed by atoms with E-state index >= 15 is 0 Å². The predicted molar refractivity (Wildman–Crippen MR) is 126 cm³/mol. The molecule has 2 amide bonds. The molecule has 0 spiro atoms. The smallest absolute Gasteiger partial charge is 0.464 e. The molecule has 1 saturated heterocycles. The van der Waals surface area contributed by atoms with Gasteiger partial charge in [0, 0.05) is 11.9 Å². The van der Waals surface area contributed by atoms with Crippen molar-refractivity contribution in [2.45, 2.75) is 52.0 Å². The Morgan fingerprint density at radius 1 is 1.38 bits per heavy atom. The fourth-order valence-corrected chi connectivity index (χ4v) is 4.03. The molecule has 0 saturated carbocycles. The number of allylic oxidation sites excluding steroid dienone is 1. The summed E-state index contributed by atoms with van der Waals surface area (Å²) in [5, 5.41) is 32.3. The van der Waals surface area contributed by atoms with Gasteiger partial charge in [-0.3, -0.25) is 4.79 Å². The van der Waals surface area contributed by atoms with Gasteiger partial charge in [0.2, 0.25) is 0 Å². The average molecular weight is 467 g/mol. The molecule has 34 heavy (non-hydrogen) atoms. The molecule has 1 fully saturated rings. The zero-order chi connectivity index (χ0) is 24.9. The fraction of sp³-hybridized carbons (Fsp3) is 0.458. The van der Waals surface area contributed by atoms with Crippen LogP contribution in [0.15, 0.2) is 46.6 Å². The van der Waals surface area contributed by atoms with Crippen LogP contribution < -0.4 is 5.32 Å². The van der Waals surface area contributed by atoms with Crippen LogP contribution in [0.2, 0.25) is 0 Å². The number of hydrogen-bond donors (Lipinski definition) is 3. The molecule has 1 aromatic carbocycles. The van der Waals surface area contributed by atoms with Gasteiger partial charge in [0.25, 0.3) is 5.91 Å². The van der Waals surface area contributed by atoms with E-state index in [1.54, 1.807) is 17.0 Å². The summed E-state index contributed by atoms with van der Waals surface area (Å²) in [6.07, 6.45) is 3.84. The monoisotopic (exact) mass is 467 g/mol. The van der Waals surface area contributed by atoms with Crippen molar-refractivity contribution in [1.29, 1.82) is 5.26 Å². The zero-order valence-corrected chi connectivity index (χ0v) is 19.7. The van der Waals surface area contributed by atoms with Crippen molar-refractivity contribution in [1.82, 2.24) is 10.2 Å². The van der Waals surface area contributed by atoms with Gasteiger partial charge < -0.3 is 29.4 Å². The summed E-state index contributed by atoms with van der Waals surface area (Å²) in [5.41, 5.74) is 1.12. The molecular weight excluding hydrogens is 437 g/mol. The van der Waals surface area contributed by atoms with E-state index in [0.29, 0.717) is 18.5 Å². The SMILES string of the molecule is CC(C)(C)C=C(C#N)C(=O)N1CCC[C@@H]1COC(=O)N[C@@H](Cc1coc2ccccc12)B(O)O. The number of para-hydroxylation sites is 1. The van der Waals surface area contributed by atoms with E-state index in [1.165, 1.54) is 6.26 Å². The second-order valence-electron chi connectivity index (χ2n) is 9.55. The van der Waals surface area contributed by atoms with Gasteiger partial charge >= 0.3 is 13.2 Å². The third-order valence-corrected chi connectivity index (χ3v) is 5.64. The molecule has 2 aromatic rings. The highest BCUT2D eigenvalue weighted by Gasteiger charge is 2.33. The minimum Gasteiger partial charge on any atom is -0.464 e. The number of amides is 2. The quantitative estimate of drug-likeness (QED) is 0.324. The molecule has 10 heteroatoms. The van der Waals surface area contributed by atoms with Gasteiger partial charge in [-0.05, 0) is 36.3 Å². The van der Waals surface area contributed by atoms with E-state index in [0.717, 1.165) is 17.4 Å². The van der Waals surface area contributed by atoms with Crippen molar-refractivity contribution in [2.24, 2.45) is 5.41 Å². The Morgan fingerprint density at radius 3 is 2.79 bits per heavy atom. The van der Waals surface area contributed by atoms with Crippen LogP contribution in [0.4, 0.5) is 4.79 Å². The molecule has 1 aliphatic heterocycles. The molecule has 0 unspecified atom stereocenters. The highest BCUT2D eigenvalue weighted by molar-refractivity contribution is 6.43. The van der Waals surface area contributed by atoms with Crippen LogP contribution in [0.5, 0.6) is 0 Å². The molecular formula is C24H30BN3O6. The number of hydrogen-bond acceptors (Lipinski definition) is 7. The number of carbonyl (C=O) groups is 2. The van der Waals surface area contributed by atoms with Gasteiger partial charge in [-0.1, -0.05) is 45.0 Å².